The summed E-state index contributed by atoms with van der Waals surface area (Å²) in [5.74, 6) is -3.77. The summed E-state index contributed by atoms with van der Waals surface area (Å²) in [6, 6.07) is 5.83. The maximum absolute atomic E-state index is 13.7. The smallest absolute Gasteiger partial charge is 0.259 e. The Morgan fingerprint density at radius 2 is 2.16 bits per heavy atom. The molecule has 19 heavy (non-hydrogen) atoms. The van der Waals surface area contributed by atoms with Gasteiger partial charge in [0.05, 0.1) is 17.2 Å². The van der Waals surface area contributed by atoms with Crippen LogP contribution < -0.4 is 4.90 Å². The molecule has 2 atom stereocenters. The molecule has 1 aliphatic carbocycles. The molecule has 2 unspecified atom stereocenters. The fourth-order valence-electron chi connectivity index (χ4n) is 3.10. The van der Waals surface area contributed by atoms with E-state index in [-0.39, 0.29) is 12.1 Å². The molecule has 1 aromatic carbocycles. The molecule has 1 saturated carbocycles. The van der Waals surface area contributed by atoms with E-state index in [0.717, 1.165) is 6.07 Å². The Labute approximate surface area is 109 Å². The topological polar surface area (TPSA) is 27.0 Å². The normalized spacial score (nSPS) is 31.5. The minimum atomic E-state index is -2.62. The molecular formula is C14H13F3N2. The highest BCUT2D eigenvalue weighted by Crippen LogP contribution is 2.69. The number of fused-ring (bicyclic) bond motifs is 1. The van der Waals surface area contributed by atoms with Gasteiger partial charge in [-0.15, -0.1) is 0 Å². The zero-order valence-corrected chi connectivity index (χ0v) is 10.5. The summed E-state index contributed by atoms with van der Waals surface area (Å²) in [7, 11) is 0. The van der Waals surface area contributed by atoms with Gasteiger partial charge in [-0.25, -0.2) is 13.2 Å². The van der Waals surface area contributed by atoms with Crippen LogP contribution in [0.5, 0.6) is 0 Å². The number of nitrogens with zero attached hydrogens (tertiary/aromatic N) is 2. The number of halogens is 3. The largest absolute Gasteiger partial charge is 0.370 e. The van der Waals surface area contributed by atoms with Crippen LogP contribution in [0.1, 0.15) is 18.9 Å². The van der Waals surface area contributed by atoms with Crippen molar-refractivity contribution in [1.29, 1.82) is 5.26 Å². The third-order valence-corrected chi connectivity index (χ3v) is 4.61. The molecule has 0 aromatic heterocycles. The van der Waals surface area contributed by atoms with Crippen LogP contribution in [0, 0.1) is 28.5 Å². The first-order chi connectivity index (χ1) is 8.90. The molecular weight excluding hydrogens is 253 g/mol. The molecule has 100 valence electrons. The minimum absolute atomic E-state index is 0.201. The van der Waals surface area contributed by atoms with E-state index in [4.69, 9.17) is 5.26 Å². The highest BCUT2D eigenvalue weighted by molar-refractivity contribution is 5.60. The van der Waals surface area contributed by atoms with E-state index in [1.165, 1.54) is 12.1 Å². The van der Waals surface area contributed by atoms with Crippen molar-refractivity contribution in [2.75, 3.05) is 18.0 Å². The van der Waals surface area contributed by atoms with Crippen molar-refractivity contribution in [2.24, 2.45) is 11.3 Å². The van der Waals surface area contributed by atoms with Gasteiger partial charge in [0.1, 0.15) is 11.9 Å². The lowest BCUT2D eigenvalue weighted by Gasteiger charge is -2.31. The third-order valence-electron chi connectivity index (χ3n) is 4.61. The van der Waals surface area contributed by atoms with E-state index >= 15 is 0 Å². The summed E-state index contributed by atoms with van der Waals surface area (Å²) in [4.78, 5) is 1.77. The quantitative estimate of drug-likeness (QED) is 0.780. The second kappa shape index (κ2) is 3.66. The Morgan fingerprint density at radius 1 is 1.42 bits per heavy atom. The van der Waals surface area contributed by atoms with E-state index in [0.29, 0.717) is 18.7 Å². The lowest BCUT2D eigenvalue weighted by Crippen LogP contribution is -2.34. The first kappa shape index (κ1) is 12.3. The van der Waals surface area contributed by atoms with E-state index in [1.807, 2.05) is 6.07 Å². The van der Waals surface area contributed by atoms with Crippen LogP contribution in [0.15, 0.2) is 18.2 Å². The molecule has 1 aliphatic heterocycles. The highest BCUT2D eigenvalue weighted by Gasteiger charge is 2.78. The van der Waals surface area contributed by atoms with Crippen molar-refractivity contribution in [1.82, 2.24) is 0 Å². The Kier molecular flexibility index (Phi) is 2.38. The fraction of sp³-hybridized carbons (Fsp3) is 0.500. The molecule has 0 radical (unpaired) electrons. The SMILES string of the molecule is CC12CCN(c3ccc(F)cc3C#N)CC1C2(F)F. The Morgan fingerprint density at radius 3 is 2.79 bits per heavy atom. The number of anilines is 1. The Hall–Kier alpha value is -1.70. The van der Waals surface area contributed by atoms with Crippen LogP contribution in [0.25, 0.3) is 0 Å². The number of nitriles is 1. The van der Waals surface area contributed by atoms with Crippen molar-refractivity contribution < 1.29 is 13.2 Å². The molecule has 3 rings (SSSR count). The van der Waals surface area contributed by atoms with Crippen molar-refractivity contribution in [3.05, 3.63) is 29.6 Å². The van der Waals surface area contributed by atoms with E-state index in [9.17, 15) is 13.2 Å². The summed E-state index contributed by atoms with van der Waals surface area (Å²) in [5, 5.41) is 9.01. The average molecular weight is 266 g/mol. The van der Waals surface area contributed by atoms with Crippen molar-refractivity contribution >= 4 is 5.69 Å². The van der Waals surface area contributed by atoms with Gasteiger partial charge in [-0.05, 0) is 24.6 Å². The van der Waals surface area contributed by atoms with E-state index < -0.39 is 23.1 Å². The number of rotatable bonds is 1. The summed E-state index contributed by atoms with van der Waals surface area (Å²) in [6.07, 6.45) is 0.396. The van der Waals surface area contributed by atoms with E-state index in [1.54, 1.807) is 11.8 Å². The van der Waals surface area contributed by atoms with Crippen LogP contribution in [-0.2, 0) is 0 Å². The molecule has 1 aromatic rings. The molecule has 2 fully saturated rings. The Balaban J connectivity index is 1.88. The van der Waals surface area contributed by atoms with Crippen molar-refractivity contribution in [3.63, 3.8) is 0 Å². The van der Waals surface area contributed by atoms with Gasteiger partial charge in [-0.1, -0.05) is 6.92 Å². The van der Waals surface area contributed by atoms with Gasteiger partial charge in [0, 0.05) is 18.5 Å². The summed E-state index contributed by atoms with van der Waals surface area (Å²) in [5.41, 5.74) is -0.141. The monoisotopic (exact) mass is 266 g/mol. The number of piperidine rings is 1. The molecule has 1 heterocycles. The van der Waals surface area contributed by atoms with Gasteiger partial charge in [0.15, 0.2) is 0 Å². The van der Waals surface area contributed by atoms with Crippen LogP contribution in [0.2, 0.25) is 0 Å². The van der Waals surface area contributed by atoms with Crippen molar-refractivity contribution in [2.45, 2.75) is 19.3 Å². The summed E-state index contributed by atoms with van der Waals surface area (Å²) < 4.78 is 40.4. The summed E-state index contributed by atoms with van der Waals surface area (Å²) >= 11 is 0. The van der Waals surface area contributed by atoms with Gasteiger partial charge in [0.2, 0.25) is 0 Å². The second-order valence-corrected chi connectivity index (χ2v) is 5.56. The van der Waals surface area contributed by atoms with Crippen LogP contribution >= 0.6 is 0 Å². The second-order valence-electron chi connectivity index (χ2n) is 5.56. The predicted octanol–water partition coefficient (Wildman–Crippen LogP) is 3.18. The van der Waals surface area contributed by atoms with Crippen LogP contribution in [-0.4, -0.2) is 19.0 Å². The lowest BCUT2D eigenvalue weighted by molar-refractivity contribution is 0.0636. The lowest BCUT2D eigenvalue weighted by atomic mass is 9.96. The molecule has 0 bridgehead atoms. The minimum Gasteiger partial charge on any atom is -0.370 e. The van der Waals surface area contributed by atoms with Crippen molar-refractivity contribution in [3.8, 4) is 6.07 Å². The summed E-state index contributed by atoms with van der Waals surface area (Å²) in [6.45, 7) is 2.32. The van der Waals surface area contributed by atoms with Gasteiger partial charge < -0.3 is 4.90 Å². The zero-order chi connectivity index (χ0) is 13.8. The molecule has 2 nitrogen and oxygen atoms in total. The standard InChI is InChI=1S/C14H13F3N2/c1-13-4-5-19(8-12(13)14(13,16)17)11-3-2-10(15)6-9(11)7-18/h2-3,6,12H,4-5,8H2,1H3. The molecule has 0 N–H and O–H groups in total. The van der Waals surface area contributed by atoms with E-state index in [2.05, 4.69) is 0 Å². The molecule has 2 aliphatic rings. The molecule has 1 saturated heterocycles. The Bertz CT molecular complexity index is 579. The number of hydrogen-bond donors (Lipinski definition) is 0. The maximum Gasteiger partial charge on any atom is 0.259 e. The predicted molar refractivity (Wildman–Crippen MR) is 64.5 cm³/mol. The average Bonchev–Trinajstić information content (AvgIpc) is 2.83. The number of hydrogen-bond acceptors (Lipinski definition) is 2. The number of alkyl halides is 2. The van der Waals surface area contributed by atoms with Crippen LogP contribution in [0.3, 0.4) is 0 Å². The van der Waals surface area contributed by atoms with Gasteiger partial charge in [-0.2, -0.15) is 5.26 Å². The first-order valence-electron chi connectivity index (χ1n) is 6.22. The van der Waals surface area contributed by atoms with Gasteiger partial charge in [0.25, 0.3) is 5.92 Å². The van der Waals surface area contributed by atoms with Gasteiger partial charge in [-0.3, -0.25) is 0 Å². The first-order valence-corrected chi connectivity index (χ1v) is 6.22. The molecule has 0 amide bonds. The fourth-order valence-corrected chi connectivity index (χ4v) is 3.10. The highest BCUT2D eigenvalue weighted by atomic mass is 19.3. The third kappa shape index (κ3) is 1.55. The molecule has 5 heteroatoms. The maximum atomic E-state index is 13.7. The van der Waals surface area contributed by atoms with Gasteiger partial charge >= 0.3 is 0 Å². The van der Waals surface area contributed by atoms with Crippen LogP contribution in [0.4, 0.5) is 18.9 Å². The molecule has 0 spiro atoms. The zero-order valence-electron chi connectivity index (χ0n) is 10.5. The number of benzene rings is 1.